The fraction of sp³-hybridized carbons (Fsp3) is 0.259. The van der Waals surface area contributed by atoms with Crippen LogP contribution in [0.4, 0.5) is 11.4 Å². The monoisotopic (exact) mass is 446 g/mol. The topological polar surface area (TPSA) is 76.7 Å². The number of nitrogens with one attached hydrogen (secondary N) is 2. The maximum absolute atomic E-state index is 13.1. The van der Waals surface area contributed by atoms with E-state index in [-0.39, 0.29) is 17.7 Å². The summed E-state index contributed by atoms with van der Waals surface area (Å²) in [4.78, 5) is 25.9. The van der Waals surface area contributed by atoms with Gasteiger partial charge in [0, 0.05) is 17.7 Å². The Morgan fingerprint density at radius 3 is 1.79 bits per heavy atom. The summed E-state index contributed by atoms with van der Waals surface area (Å²) in [5.74, 6) is 0.224. The van der Waals surface area contributed by atoms with Crippen molar-refractivity contribution in [1.82, 2.24) is 0 Å². The molecule has 0 aliphatic heterocycles. The normalized spacial score (nSPS) is 11.4. The summed E-state index contributed by atoms with van der Waals surface area (Å²) < 4.78 is 11.6. The summed E-state index contributed by atoms with van der Waals surface area (Å²) in [6.07, 6.45) is 0.656. The molecule has 3 rings (SSSR count). The molecule has 33 heavy (non-hydrogen) atoms. The van der Waals surface area contributed by atoms with Gasteiger partial charge in [-0.05, 0) is 38.0 Å². The molecule has 0 heterocycles. The van der Waals surface area contributed by atoms with Crippen molar-refractivity contribution in [2.45, 2.75) is 33.1 Å². The molecule has 0 radical (unpaired) electrons. The van der Waals surface area contributed by atoms with E-state index in [1.165, 1.54) is 0 Å². The molecule has 3 aromatic rings. The molecule has 2 N–H and O–H groups in total. The van der Waals surface area contributed by atoms with Crippen LogP contribution in [0.1, 0.15) is 49.0 Å². The van der Waals surface area contributed by atoms with E-state index in [9.17, 15) is 9.59 Å². The number of hydrogen-bond donors (Lipinski definition) is 2. The molecular formula is C27H30N2O4. The van der Waals surface area contributed by atoms with Crippen LogP contribution in [0, 0.1) is 0 Å². The van der Waals surface area contributed by atoms with Crippen molar-refractivity contribution >= 4 is 23.2 Å². The zero-order chi connectivity index (χ0) is 23.6. The number of anilines is 2. The first-order chi connectivity index (χ1) is 16.1. The van der Waals surface area contributed by atoms with Gasteiger partial charge in [-0.2, -0.15) is 0 Å². The molecule has 2 amide bonds. The summed E-state index contributed by atoms with van der Waals surface area (Å²) in [5, 5.41) is 5.89. The zero-order valence-corrected chi connectivity index (χ0v) is 19.3. The number of amides is 2. The predicted molar refractivity (Wildman–Crippen MR) is 131 cm³/mol. The minimum Gasteiger partial charge on any atom is -0.492 e. The van der Waals surface area contributed by atoms with Gasteiger partial charge in [-0.3, -0.25) is 9.59 Å². The van der Waals surface area contributed by atoms with Crippen molar-refractivity contribution in [3.8, 4) is 11.5 Å². The molecule has 0 fully saturated rings. The summed E-state index contributed by atoms with van der Waals surface area (Å²) in [6.45, 7) is 6.51. The summed E-state index contributed by atoms with van der Waals surface area (Å²) in [5.41, 5.74) is 2.45. The third kappa shape index (κ3) is 6.13. The first kappa shape index (κ1) is 23.9. The average molecular weight is 447 g/mol. The van der Waals surface area contributed by atoms with Crippen LogP contribution >= 0.6 is 0 Å². The van der Waals surface area contributed by atoms with Gasteiger partial charge in [-0.15, -0.1) is 0 Å². The maximum atomic E-state index is 13.1. The van der Waals surface area contributed by atoms with Gasteiger partial charge in [-0.1, -0.05) is 55.5 Å². The third-order valence-electron chi connectivity index (χ3n) is 5.15. The first-order valence-corrected chi connectivity index (χ1v) is 11.2. The van der Waals surface area contributed by atoms with E-state index in [1.807, 2.05) is 57.2 Å². The molecular weight excluding hydrogens is 416 g/mol. The van der Waals surface area contributed by atoms with E-state index in [1.54, 1.807) is 36.4 Å². The molecule has 0 saturated carbocycles. The van der Waals surface area contributed by atoms with Gasteiger partial charge in [0.15, 0.2) is 0 Å². The first-order valence-electron chi connectivity index (χ1n) is 11.2. The van der Waals surface area contributed by atoms with Gasteiger partial charge in [0.05, 0.1) is 30.5 Å². The number of benzene rings is 3. The van der Waals surface area contributed by atoms with E-state index < -0.39 is 0 Å². The van der Waals surface area contributed by atoms with Gasteiger partial charge in [-0.25, -0.2) is 0 Å². The number of carbonyl (C=O) groups is 2. The van der Waals surface area contributed by atoms with Crippen LogP contribution in [0.15, 0.2) is 72.8 Å². The second kappa shape index (κ2) is 11.7. The number of hydrogen-bond acceptors (Lipinski definition) is 4. The van der Waals surface area contributed by atoms with E-state index in [4.69, 9.17) is 9.47 Å². The van der Waals surface area contributed by atoms with Gasteiger partial charge in [0.1, 0.15) is 11.5 Å². The third-order valence-corrected chi connectivity index (χ3v) is 5.15. The largest absolute Gasteiger partial charge is 0.492 e. The molecule has 0 bridgehead atoms. The molecule has 6 heteroatoms. The van der Waals surface area contributed by atoms with Gasteiger partial charge in [0.25, 0.3) is 5.91 Å². The highest BCUT2D eigenvalue weighted by Crippen LogP contribution is 2.38. The van der Waals surface area contributed by atoms with E-state index in [2.05, 4.69) is 10.6 Å². The quantitative estimate of drug-likeness (QED) is 0.408. The Hall–Kier alpha value is -3.80. The van der Waals surface area contributed by atoms with Gasteiger partial charge in [0.2, 0.25) is 5.91 Å². The minimum absolute atomic E-state index is 0.131. The number of carbonyl (C=O) groups excluding carboxylic acids is 2. The number of rotatable bonds is 10. The molecule has 0 aliphatic carbocycles. The Labute approximate surface area is 194 Å². The maximum Gasteiger partial charge on any atom is 0.255 e. The van der Waals surface area contributed by atoms with Crippen molar-refractivity contribution in [2.24, 2.45) is 0 Å². The van der Waals surface area contributed by atoms with Crippen molar-refractivity contribution in [2.75, 3.05) is 23.8 Å². The Morgan fingerprint density at radius 2 is 1.27 bits per heavy atom. The highest BCUT2D eigenvalue weighted by Gasteiger charge is 2.22. The lowest BCUT2D eigenvalue weighted by Crippen LogP contribution is -2.21. The Balaban J connectivity index is 1.91. The Bertz CT molecular complexity index is 1070. The van der Waals surface area contributed by atoms with Crippen LogP contribution in [-0.4, -0.2) is 25.0 Å². The fourth-order valence-electron chi connectivity index (χ4n) is 3.57. The molecule has 3 aromatic carbocycles. The van der Waals surface area contributed by atoms with E-state index >= 15 is 0 Å². The van der Waals surface area contributed by atoms with E-state index in [0.29, 0.717) is 48.1 Å². The highest BCUT2D eigenvalue weighted by molar-refractivity contribution is 6.06. The van der Waals surface area contributed by atoms with Gasteiger partial charge < -0.3 is 20.1 Å². The Morgan fingerprint density at radius 1 is 0.758 bits per heavy atom. The molecule has 0 spiro atoms. The standard InChI is InChI=1S/C27H30N2O4/c1-4-21(19-13-9-7-10-14-19)27(31)29-23-18-24(32-5-2)22(17-25(23)33-6-3)28-26(30)20-15-11-8-12-16-20/h7-18,21H,4-6H2,1-3H3,(H,28,30)(H,29,31)/t21-/m1/s1. The summed E-state index contributed by atoms with van der Waals surface area (Å²) in [6, 6.07) is 22.0. The second-order valence-electron chi connectivity index (χ2n) is 7.39. The average Bonchev–Trinajstić information content (AvgIpc) is 2.83. The predicted octanol–water partition coefficient (Wildman–Crippen LogP) is 5.87. The van der Waals surface area contributed by atoms with E-state index in [0.717, 1.165) is 5.56 Å². The van der Waals surface area contributed by atoms with Crippen LogP contribution in [0.25, 0.3) is 0 Å². The van der Waals surface area contributed by atoms with Crippen LogP contribution in [0.2, 0.25) is 0 Å². The summed E-state index contributed by atoms with van der Waals surface area (Å²) in [7, 11) is 0. The van der Waals surface area contributed by atoms with Crippen LogP contribution in [-0.2, 0) is 4.79 Å². The lowest BCUT2D eigenvalue weighted by molar-refractivity contribution is -0.117. The molecule has 0 saturated heterocycles. The van der Waals surface area contributed by atoms with Crippen molar-refractivity contribution in [3.05, 3.63) is 83.9 Å². The van der Waals surface area contributed by atoms with Crippen LogP contribution in [0.5, 0.6) is 11.5 Å². The number of ether oxygens (including phenoxy) is 2. The molecule has 0 aliphatic rings. The molecule has 0 unspecified atom stereocenters. The van der Waals surface area contributed by atoms with Crippen molar-refractivity contribution in [3.63, 3.8) is 0 Å². The second-order valence-corrected chi connectivity index (χ2v) is 7.39. The zero-order valence-electron chi connectivity index (χ0n) is 19.3. The minimum atomic E-state index is -0.298. The van der Waals surface area contributed by atoms with Crippen LogP contribution < -0.4 is 20.1 Å². The molecule has 0 aromatic heterocycles. The lowest BCUT2D eigenvalue weighted by atomic mass is 9.95. The van der Waals surface area contributed by atoms with Crippen molar-refractivity contribution < 1.29 is 19.1 Å². The lowest BCUT2D eigenvalue weighted by Gasteiger charge is -2.20. The SMILES string of the molecule is CCOc1cc(NC(=O)[C@H](CC)c2ccccc2)c(OCC)cc1NC(=O)c1ccccc1. The molecule has 6 nitrogen and oxygen atoms in total. The van der Waals surface area contributed by atoms with Gasteiger partial charge >= 0.3 is 0 Å². The highest BCUT2D eigenvalue weighted by atomic mass is 16.5. The Kier molecular flexibility index (Phi) is 8.47. The van der Waals surface area contributed by atoms with Crippen molar-refractivity contribution in [1.29, 1.82) is 0 Å². The molecule has 1 atom stereocenters. The smallest absolute Gasteiger partial charge is 0.255 e. The fourth-order valence-corrected chi connectivity index (χ4v) is 3.57. The molecule has 172 valence electrons. The summed E-state index contributed by atoms with van der Waals surface area (Å²) >= 11 is 0. The van der Waals surface area contributed by atoms with Crippen LogP contribution in [0.3, 0.4) is 0 Å².